The summed E-state index contributed by atoms with van der Waals surface area (Å²) >= 11 is 0. The summed E-state index contributed by atoms with van der Waals surface area (Å²) < 4.78 is 7.97. The van der Waals surface area contributed by atoms with Gasteiger partial charge in [-0.05, 0) is 45.7 Å². The van der Waals surface area contributed by atoms with Crippen LogP contribution in [0.1, 0.15) is 50.4 Å². The Hall–Kier alpha value is -0.980. The Kier molecular flexibility index (Phi) is 3.56. The van der Waals surface area contributed by atoms with Crippen molar-refractivity contribution in [3.8, 4) is 0 Å². The fraction of sp³-hybridized carbons (Fsp3) is 0.846. The van der Waals surface area contributed by atoms with Gasteiger partial charge >= 0.3 is 0 Å². The number of nitrogens with zero attached hydrogens (tertiary/aromatic N) is 3. The van der Waals surface area contributed by atoms with Crippen molar-refractivity contribution in [2.45, 2.75) is 50.4 Å². The summed E-state index contributed by atoms with van der Waals surface area (Å²) in [4.78, 5) is 0. The van der Waals surface area contributed by atoms with Crippen LogP contribution in [0.2, 0.25) is 0 Å². The van der Waals surface area contributed by atoms with E-state index in [1.807, 2.05) is 10.9 Å². The van der Waals surface area contributed by atoms with E-state index >= 15 is 0 Å². The van der Waals surface area contributed by atoms with Gasteiger partial charge in [0.05, 0.1) is 23.9 Å². The van der Waals surface area contributed by atoms with Crippen LogP contribution in [0.4, 0.5) is 0 Å². The normalized spacial score (nSPS) is 28.4. The molecule has 0 radical (unpaired) electrons. The summed E-state index contributed by atoms with van der Waals surface area (Å²) in [6.45, 7) is 4.56. The molecule has 2 aliphatic heterocycles. The van der Waals surface area contributed by atoms with Crippen molar-refractivity contribution in [1.29, 1.82) is 0 Å². The van der Waals surface area contributed by atoms with Crippen LogP contribution in [0.3, 0.4) is 0 Å². The molecule has 2 atom stereocenters. The summed E-state index contributed by atoms with van der Waals surface area (Å²) in [7, 11) is 0. The predicted octanol–water partition coefficient (Wildman–Crippen LogP) is 0.805. The smallest absolute Gasteiger partial charge is 0.111 e. The minimum atomic E-state index is -0.554. The Morgan fingerprint density at radius 1 is 1.53 bits per heavy atom. The Morgan fingerprint density at radius 3 is 3.00 bits per heavy atom. The zero-order chi connectivity index (χ0) is 13.3. The van der Waals surface area contributed by atoms with Crippen molar-refractivity contribution < 1.29 is 9.84 Å². The molecule has 1 spiro atoms. The number of aliphatic hydroxyl groups excluding tert-OH is 1. The van der Waals surface area contributed by atoms with E-state index in [1.165, 1.54) is 0 Å². The topological polar surface area (TPSA) is 72.2 Å². The van der Waals surface area contributed by atoms with Crippen LogP contribution in [0.25, 0.3) is 0 Å². The van der Waals surface area contributed by atoms with Gasteiger partial charge in [0.25, 0.3) is 0 Å². The molecule has 3 heterocycles. The lowest BCUT2D eigenvalue weighted by Gasteiger charge is -2.43. The van der Waals surface area contributed by atoms with E-state index in [-0.39, 0.29) is 5.60 Å². The first-order valence-electron chi connectivity index (χ1n) is 7.13. The molecular weight excluding hydrogens is 244 g/mol. The van der Waals surface area contributed by atoms with E-state index in [9.17, 15) is 5.11 Å². The molecule has 0 aliphatic carbocycles. The highest BCUT2D eigenvalue weighted by molar-refractivity contribution is 4.99. The van der Waals surface area contributed by atoms with Crippen LogP contribution >= 0.6 is 0 Å². The standard InChI is InChI=1S/C13H22N4O2/c1-10(18)12-9-17(16-15-12)11-2-7-19-13(8-11)3-5-14-6-4-13/h9-11,14,18H,2-8H2,1H3. The van der Waals surface area contributed by atoms with Crippen molar-refractivity contribution in [3.63, 3.8) is 0 Å². The zero-order valence-electron chi connectivity index (χ0n) is 11.4. The SMILES string of the molecule is CC(O)c1cn(C2CCOC3(CCNCC3)C2)nn1. The van der Waals surface area contributed by atoms with Crippen molar-refractivity contribution >= 4 is 0 Å². The van der Waals surface area contributed by atoms with E-state index in [4.69, 9.17) is 4.74 Å². The van der Waals surface area contributed by atoms with Crippen LogP contribution in [-0.4, -0.2) is 45.4 Å². The highest BCUT2D eigenvalue weighted by Crippen LogP contribution is 2.38. The molecule has 0 saturated carbocycles. The maximum atomic E-state index is 9.53. The van der Waals surface area contributed by atoms with Gasteiger partial charge in [-0.15, -0.1) is 5.10 Å². The second-order valence-electron chi connectivity index (χ2n) is 5.73. The van der Waals surface area contributed by atoms with Gasteiger partial charge in [0.1, 0.15) is 5.69 Å². The van der Waals surface area contributed by atoms with Gasteiger partial charge in [-0.3, -0.25) is 0 Å². The van der Waals surface area contributed by atoms with Gasteiger partial charge < -0.3 is 15.2 Å². The van der Waals surface area contributed by atoms with Crippen molar-refractivity contribution in [3.05, 3.63) is 11.9 Å². The lowest BCUT2D eigenvalue weighted by Crippen LogP contribution is -2.48. The molecule has 2 unspecified atom stereocenters. The molecule has 1 aromatic heterocycles. The highest BCUT2D eigenvalue weighted by Gasteiger charge is 2.39. The first kappa shape index (κ1) is 13.0. The molecule has 3 rings (SSSR count). The highest BCUT2D eigenvalue weighted by atomic mass is 16.5. The fourth-order valence-electron chi connectivity index (χ4n) is 3.12. The Bertz CT molecular complexity index is 421. The summed E-state index contributed by atoms with van der Waals surface area (Å²) in [6.07, 6.45) is 5.43. The quantitative estimate of drug-likeness (QED) is 0.828. The number of nitrogens with one attached hydrogen (secondary N) is 1. The van der Waals surface area contributed by atoms with Gasteiger partial charge in [-0.25, -0.2) is 4.68 Å². The maximum absolute atomic E-state index is 9.53. The minimum absolute atomic E-state index is 0.0190. The Labute approximate surface area is 113 Å². The third kappa shape index (κ3) is 2.66. The number of hydrogen-bond acceptors (Lipinski definition) is 5. The summed E-state index contributed by atoms with van der Waals surface area (Å²) in [6, 6.07) is 0.340. The Balaban J connectivity index is 1.73. The van der Waals surface area contributed by atoms with E-state index in [0.717, 1.165) is 45.4 Å². The average Bonchev–Trinajstić information content (AvgIpc) is 2.89. The van der Waals surface area contributed by atoms with Crippen molar-refractivity contribution in [1.82, 2.24) is 20.3 Å². The molecule has 19 heavy (non-hydrogen) atoms. The van der Waals surface area contributed by atoms with Crippen LogP contribution in [0.15, 0.2) is 6.20 Å². The molecule has 1 aromatic rings. The molecule has 2 aliphatic rings. The molecule has 0 amide bonds. The van der Waals surface area contributed by atoms with Gasteiger partial charge in [-0.2, -0.15) is 0 Å². The molecule has 6 nitrogen and oxygen atoms in total. The van der Waals surface area contributed by atoms with Crippen molar-refractivity contribution in [2.75, 3.05) is 19.7 Å². The lowest BCUT2D eigenvalue weighted by molar-refractivity contribution is -0.112. The van der Waals surface area contributed by atoms with Gasteiger partial charge in [0, 0.05) is 6.61 Å². The number of hydrogen-bond donors (Lipinski definition) is 2. The molecule has 0 bridgehead atoms. The monoisotopic (exact) mass is 266 g/mol. The summed E-state index contributed by atoms with van der Waals surface area (Å²) in [5, 5.41) is 21.1. The fourth-order valence-corrected chi connectivity index (χ4v) is 3.12. The molecule has 6 heteroatoms. The number of piperidine rings is 1. The first-order chi connectivity index (χ1) is 9.19. The number of ether oxygens (including phenoxy) is 1. The molecular formula is C13H22N4O2. The largest absolute Gasteiger partial charge is 0.387 e. The third-order valence-corrected chi connectivity index (χ3v) is 4.31. The molecule has 0 aromatic carbocycles. The number of aliphatic hydroxyl groups is 1. The van der Waals surface area contributed by atoms with E-state index < -0.39 is 6.10 Å². The second kappa shape index (κ2) is 5.19. The van der Waals surface area contributed by atoms with Gasteiger partial charge in [-0.1, -0.05) is 5.21 Å². The molecule has 106 valence electrons. The predicted molar refractivity (Wildman–Crippen MR) is 69.7 cm³/mol. The van der Waals surface area contributed by atoms with Gasteiger partial charge in [0.2, 0.25) is 0 Å². The Morgan fingerprint density at radius 2 is 2.32 bits per heavy atom. The summed E-state index contributed by atoms with van der Waals surface area (Å²) in [5.41, 5.74) is 0.663. The van der Waals surface area contributed by atoms with Gasteiger partial charge in [0.15, 0.2) is 0 Å². The van der Waals surface area contributed by atoms with Crippen molar-refractivity contribution in [2.24, 2.45) is 0 Å². The first-order valence-corrected chi connectivity index (χ1v) is 7.13. The zero-order valence-corrected chi connectivity index (χ0v) is 11.4. The van der Waals surface area contributed by atoms with E-state index in [0.29, 0.717) is 11.7 Å². The lowest BCUT2D eigenvalue weighted by atomic mass is 9.83. The average molecular weight is 266 g/mol. The third-order valence-electron chi connectivity index (χ3n) is 4.31. The number of aromatic nitrogens is 3. The second-order valence-corrected chi connectivity index (χ2v) is 5.73. The molecule has 2 N–H and O–H groups in total. The van der Waals surface area contributed by atoms with Crippen LogP contribution in [0.5, 0.6) is 0 Å². The number of rotatable bonds is 2. The maximum Gasteiger partial charge on any atom is 0.111 e. The summed E-state index contributed by atoms with van der Waals surface area (Å²) in [5.74, 6) is 0. The van der Waals surface area contributed by atoms with Crippen LogP contribution in [-0.2, 0) is 4.74 Å². The van der Waals surface area contributed by atoms with E-state index in [1.54, 1.807) is 6.92 Å². The van der Waals surface area contributed by atoms with Crippen LogP contribution in [0, 0.1) is 0 Å². The molecule has 2 saturated heterocycles. The van der Waals surface area contributed by atoms with Crippen LogP contribution < -0.4 is 5.32 Å². The van der Waals surface area contributed by atoms with E-state index in [2.05, 4.69) is 15.6 Å². The minimum Gasteiger partial charge on any atom is -0.387 e. The molecule has 2 fully saturated rings.